The van der Waals surface area contributed by atoms with Crippen LogP contribution in [0.4, 0.5) is 4.39 Å². The molecule has 98 valence electrons. The van der Waals surface area contributed by atoms with Crippen molar-refractivity contribution >= 4 is 17.3 Å². The highest BCUT2D eigenvalue weighted by Crippen LogP contribution is 2.26. The van der Waals surface area contributed by atoms with Gasteiger partial charge >= 0.3 is 0 Å². The van der Waals surface area contributed by atoms with Crippen LogP contribution in [0.1, 0.15) is 31.4 Å². The van der Waals surface area contributed by atoms with Crippen LogP contribution in [-0.2, 0) is 0 Å². The molecule has 18 heavy (non-hydrogen) atoms. The van der Waals surface area contributed by atoms with E-state index < -0.39 is 0 Å². The molecule has 2 N–H and O–H groups in total. The molecule has 3 nitrogen and oxygen atoms in total. The van der Waals surface area contributed by atoms with Crippen molar-refractivity contribution in [2.45, 2.75) is 31.8 Å². The smallest absolute Gasteiger partial charge is 0.166 e. The molecule has 2 rings (SSSR count). The molecule has 1 aliphatic rings. The Morgan fingerprint density at radius 1 is 1.50 bits per heavy atom. The molecule has 1 aromatic rings. The lowest BCUT2D eigenvalue weighted by molar-refractivity contribution is 0.403. The molecule has 0 radical (unpaired) electrons. The Morgan fingerprint density at radius 2 is 2.22 bits per heavy atom. The summed E-state index contributed by atoms with van der Waals surface area (Å²) in [7, 11) is 1.57. The third-order valence-corrected chi connectivity index (χ3v) is 3.15. The van der Waals surface area contributed by atoms with Crippen molar-refractivity contribution in [1.29, 1.82) is 0 Å². The van der Waals surface area contributed by atoms with Crippen molar-refractivity contribution in [2.75, 3.05) is 7.11 Å². The van der Waals surface area contributed by atoms with Crippen molar-refractivity contribution < 1.29 is 9.13 Å². The zero-order chi connectivity index (χ0) is 13.1. The van der Waals surface area contributed by atoms with Gasteiger partial charge in [0.25, 0.3) is 0 Å². The van der Waals surface area contributed by atoms with E-state index in [9.17, 15) is 4.39 Å². The summed E-state index contributed by atoms with van der Waals surface area (Å²) in [5.41, 5.74) is 0.762. The summed E-state index contributed by atoms with van der Waals surface area (Å²) in [5.74, 6) is 0.381. The van der Waals surface area contributed by atoms with E-state index in [1.54, 1.807) is 13.2 Å². The Bertz CT molecular complexity index is 449. The van der Waals surface area contributed by atoms with Gasteiger partial charge < -0.3 is 15.4 Å². The average Bonchev–Trinajstić information content (AvgIpc) is 3.12. The van der Waals surface area contributed by atoms with Crippen molar-refractivity contribution in [3.05, 3.63) is 29.6 Å². The predicted molar refractivity (Wildman–Crippen MR) is 73.3 cm³/mol. The van der Waals surface area contributed by atoms with Crippen LogP contribution in [0.2, 0.25) is 0 Å². The molecule has 0 spiro atoms. The number of thiocarbonyl (C=S) groups is 1. The van der Waals surface area contributed by atoms with E-state index in [-0.39, 0.29) is 11.9 Å². The molecule has 1 saturated carbocycles. The molecule has 0 saturated heterocycles. The standard InChI is InChI=1S/C13H17FN2OS/c1-8(15-13(18)16-10-4-5-10)11-7-9(14)3-6-12(11)17-2/h3,6-8,10H,4-5H2,1-2H3,(H2,15,16,18)/t8-/m0/s1. The number of methoxy groups -OCH3 is 1. The minimum Gasteiger partial charge on any atom is -0.496 e. The minimum absolute atomic E-state index is 0.102. The van der Waals surface area contributed by atoms with Crippen molar-refractivity contribution in [3.63, 3.8) is 0 Å². The molecule has 0 heterocycles. The molecule has 0 aromatic heterocycles. The Kier molecular flexibility index (Phi) is 4.01. The number of ether oxygens (including phenoxy) is 1. The van der Waals surface area contributed by atoms with Gasteiger partial charge in [-0.05, 0) is 50.2 Å². The van der Waals surface area contributed by atoms with Gasteiger partial charge in [-0.15, -0.1) is 0 Å². The summed E-state index contributed by atoms with van der Waals surface area (Å²) in [5, 5.41) is 6.94. The monoisotopic (exact) mass is 268 g/mol. The van der Waals surface area contributed by atoms with Crippen LogP contribution in [0.25, 0.3) is 0 Å². The topological polar surface area (TPSA) is 33.3 Å². The van der Waals surface area contributed by atoms with Crippen LogP contribution in [0, 0.1) is 5.82 Å². The highest BCUT2D eigenvalue weighted by molar-refractivity contribution is 7.80. The van der Waals surface area contributed by atoms with Gasteiger partial charge in [0.2, 0.25) is 0 Å². The SMILES string of the molecule is COc1ccc(F)cc1[C@H](C)NC(=S)NC1CC1. The zero-order valence-electron chi connectivity index (χ0n) is 10.5. The van der Waals surface area contributed by atoms with E-state index in [4.69, 9.17) is 17.0 Å². The number of benzene rings is 1. The summed E-state index contributed by atoms with van der Waals surface area (Å²) in [4.78, 5) is 0. The summed E-state index contributed by atoms with van der Waals surface area (Å²) in [6.45, 7) is 1.93. The molecule has 1 atom stereocenters. The van der Waals surface area contributed by atoms with Gasteiger partial charge in [-0.25, -0.2) is 4.39 Å². The first kappa shape index (κ1) is 13.1. The molecule has 0 unspecified atom stereocenters. The molecule has 1 aliphatic carbocycles. The van der Waals surface area contributed by atoms with Gasteiger partial charge in [0.1, 0.15) is 11.6 Å². The van der Waals surface area contributed by atoms with Crippen LogP contribution in [0.15, 0.2) is 18.2 Å². The summed E-state index contributed by atoms with van der Waals surface area (Å²) in [6, 6.07) is 4.88. The van der Waals surface area contributed by atoms with Gasteiger partial charge in [0.05, 0.1) is 13.2 Å². The maximum atomic E-state index is 13.3. The third-order valence-electron chi connectivity index (χ3n) is 2.92. The molecule has 5 heteroatoms. The second kappa shape index (κ2) is 5.52. The summed E-state index contributed by atoms with van der Waals surface area (Å²) < 4.78 is 18.5. The van der Waals surface area contributed by atoms with Gasteiger partial charge in [-0.1, -0.05) is 0 Å². The fourth-order valence-electron chi connectivity index (χ4n) is 1.77. The number of halogens is 1. The Hall–Kier alpha value is -1.36. The van der Waals surface area contributed by atoms with E-state index in [0.717, 1.165) is 5.56 Å². The van der Waals surface area contributed by atoms with Gasteiger partial charge in [0.15, 0.2) is 5.11 Å². The maximum Gasteiger partial charge on any atom is 0.166 e. The number of hydrogen-bond acceptors (Lipinski definition) is 2. The third kappa shape index (κ3) is 3.32. The molecule has 1 aromatic carbocycles. The molecule has 0 aliphatic heterocycles. The van der Waals surface area contributed by atoms with Crippen LogP contribution in [-0.4, -0.2) is 18.3 Å². The van der Waals surface area contributed by atoms with Gasteiger partial charge in [-0.3, -0.25) is 0 Å². The molecule has 0 amide bonds. The van der Waals surface area contributed by atoms with E-state index in [1.165, 1.54) is 25.0 Å². The lowest BCUT2D eigenvalue weighted by atomic mass is 10.1. The van der Waals surface area contributed by atoms with Gasteiger partial charge in [0, 0.05) is 11.6 Å². The number of nitrogens with one attached hydrogen (secondary N) is 2. The zero-order valence-corrected chi connectivity index (χ0v) is 11.3. The second-order valence-corrected chi connectivity index (χ2v) is 4.91. The molecule has 1 fully saturated rings. The Balaban J connectivity index is 2.04. The maximum absolute atomic E-state index is 13.3. The average molecular weight is 268 g/mol. The molecular weight excluding hydrogens is 251 g/mol. The number of hydrogen-bond donors (Lipinski definition) is 2. The van der Waals surface area contributed by atoms with Gasteiger partial charge in [-0.2, -0.15) is 0 Å². The van der Waals surface area contributed by atoms with E-state index in [0.29, 0.717) is 16.9 Å². The predicted octanol–water partition coefficient (Wildman–Crippen LogP) is 2.52. The summed E-state index contributed by atoms with van der Waals surface area (Å²) in [6.07, 6.45) is 2.33. The molecule has 0 bridgehead atoms. The first-order chi connectivity index (χ1) is 8.60. The Labute approximate surface area is 112 Å². The van der Waals surface area contributed by atoms with Crippen molar-refractivity contribution in [1.82, 2.24) is 10.6 Å². The first-order valence-corrected chi connectivity index (χ1v) is 6.41. The minimum atomic E-state index is -0.277. The fraction of sp³-hybridized carbons (Fsp3) is 0.462. The molecular formula is C13H17FN2OS. The second-order valence-electron chi connectivity index (χ2n) is 4.50. The quantitative estimate of drug-likeness (QED) is 0.822. The fourth-order valence-corrected chi connectivity index (χ4v) is 2.12. The van der Waals surface area contributed by atoms with E-state index in [1.807, 2.05) is 6.92 Å². The number of rotatable bonds is 4. The Morgan fingerprint density at radius 3 is 2.83 bits per heavy atom. The van der Waals surface area contributed by atoms with Crippen LogP contribution in [0.5, 0.6) is 5.75 Å². The highest BCUT2D eigenvalue weighted by atomic mass is 32.1. The van der Waals surface area contributed by atoms with Crippen molar-refractivity contribution in [2.24, 2.45) is 0 Å². The first-order valence-electron chi connectivity index (χ1n) is 6.00. The van der Waals surface area contributed by atoms with Crippen LogP contribution < -0.4 is 15.4 Å². The highest BCUT2D eigenvalue weighted by Gasteiger charge is 2.22. The lowest BCUT2D eigenvalue weighted by Crippen LogP contribution is -2.38. The van der Waals surface area contributed by atoms with E-state index in [2.05, 4.69) is 10.6 Å². The largest absolute Gasteiger partial charge is 0.496 e. The van der Waals surface area contributed by atoms with Crippen molar-refractivity contribution in [3.8, 4) is 5.75 Å². The lowest BCUT2D eigenvalue weighted by Gasteiger charge is -2.19. The summed E-state index contributed by atoms with van der Waals surface area (Å²) >= 11 is 5.20. The van der Waals surface area contributed by atoms with Crippen LogP contribution >= 0.6 is 12.2 Å². The van der Waals surface area contributed by atoms with E-state index >= 15 is 0 Å². The van der Waals surface area contributed by atoms with Crippen LogP contribution in [0.3, 0.4) is 0 Å². The normalized spacial score (nSPS) is 15.9.